The Morgan fingerprint density at radius 1 is 1.37 bits per heavy atom. The van der Waals surface area contributed by atoms with Crippen LogP contribution in [0.5, 0.6) is 0 Å². The third-order valence-corrected chi connectivity index (χ3v) is 5.41. The Kier molecular flexibility index (Phi) is 3.80. The lowest BCUT2D eigenvalue weighted by molar-refractivity contribution is -0.120. The maximum Gasteiger partial charge on any atom is 0.233 e. The number of amides is 1. The maximum absolute atomic E-state index is 12.2. The monoisotopic (exact) mass is 277 g/mol. The van der Waals surface area contributed by atoms with Crippen molar-refractivity contribution in [3.63, 3.8) is 0 Å². The van der Waals surface area contributed by atoms with Gasteiger partial charge in [0.2, 0.25) is 5.91 Å². The zero-order valence-electron chi connectivity index (χ0n) is 10.8. The molecule has 3 unspecified atom stereocenters. The zero-order chi connectivity index (χ0) is 13.2. The van der Waals surface area contributed by atoms with Gasteiger partial charge in [0.05, 0.1) is 11.4 Å². The Labute approximate surface area is 117 Å². The fourth-order valence-electron chi connectivity index (χ4n) is 2.93. The summed E-state index contributed by atoms with van der Waals surface area (Å²) in [5.41, 5.74) is 1.27. The van der Waals surface area contributed by atoms with Gasteiger partial charge in [-0.15, -0.1) is 11.8 Å². The Bertz CT molecular complexity index is 452. The van der Waals surface area contributed by atoms with Crippen molar-refractivity contribution in [1.82, 2.24) is 5.32 Å². The van der Waals surface area contributed by atoms with Crippen LogP contribution in [0.25, 0.3) is 0 Å². The molecule has 2 aliphatic rings. The van der Waals surface area contributed by atoms with Crippen LogP contribution in [0.1, 0.15) is 24.8 Å². The molecule has 1 aliphatic heterocycles. The van der Waals surface area contributed by atoms with Gasteiger partial charge >= 0.3 is 0 Å². The van der Waals surface area contributed by atoms with Crippen LogP contribution in [-0.2, 0) is 11.2 Å². The summed E-state index contributed by atoms with van der Waals surface area (Å²) in [6, 6.07) is 8.21. The van der Waals surface area contributed by atoms with Gasteiger partial charge in [-0.3, -0.25) is 4.79 Å². The van der Waals surface area contributed by atoms with Crippen molar-refractivity contribution in [3.8, 4) is 0 Å². The lowest BCUT2D eigenvalue weighted by atomic mass is 10.1. The van der Waals surface area contributed by atoms with Gasteiger partial charge in [0, 0.05) is 17.4 Å². The minimum atomic E-state index is -0.228. The molecule has 1 amide bonds. The molecular weight excluding hydrogens is 258 g/mol. The largest absolute Gasteiger partial charge is 0.393 e. The predicted octanol–water partition coefficient (Wildman–Crippen LogP) is 1.98. The molecule has 3 rings (SSSR count). The summed E-state index contributed by atoms with van der Waals surface area (Å²) >= 11 is 1.65. The average Bonchev–Trinajstić information content (AvgIpc) is 3.01. The highest BCUT2D eigenvalue weighted by atomic mass is 32.2. The second-order valence-electron chi connectivity index (χ2n) is 5.42. The van der Waals surface area contributed by atoms with Crippen molar-refractivity contribution < 1.29 is 9.90 Å². The Hall–Kier alpha value is -1.00. The van der Waals surface area contributed by atoms with E-state index in [1.165, 1.54) is 10.5 Å². The first-order valence-corrected chi connectivity index (χ1v) is 7.82. The van der Waals surface area contributed by atoms with Crippen LogP contribution in [0.4, 0.5) is 0 Å². The fraction of sp³-hybridized carbons (Fsp3) is 0.533. The van der Waals surface area contributed by atoms with Crippen LogP contribution >= 0.6 is 11.8 Å². The fourth-order valence-corrected chi connectivity index (χ4v) is 4.15. The van der Waals surface area contributed by atoms with Crippen molar-refractivity contribution in [3.05, 3.63) is 29.8 Å². The molecule has 1 aromatic carbocycles. The van der Waals surface area contributed by atoms with Crippen molar-refractivity contribution in [2.75, 3.05) is 6.54 Å². The Morgan fingerprint density at radius 3 is 2.95 bits per heavy atom. The van der Waals surface area contributed by atoms with E-state index in [1.54, 1.807) is 11.8 Å². The standard InChI is InChI=1S/C15H19NO2S/c17-12-6-3-5-11(12)9-16-15(18)14-8-10-4-1-2-7-13(10)19-14/h1-2,4,7,11-12,14,17H,3,5-6,8-9H2,(H,16,18). The van der Waals surface area contributed by atoms with Crippen molar-refractivity contribution in [2.24, 2.45) is 5.92 Å². The molecule has 102 valence electrons. The quantitative estimate of drug-likeness (QED) is 0.888. The number of rotatable bonds is 3. The minimum absolute atomic E-state index is 0.00375. The smallest absolute Gasteiger partial charge is 0.233 e. The predicted molar refractivity (Wildman–Crippen MR) is 76.1 cm³/mol. The molecule has 1 heterocycles. The van der Waals surface area contributed by atoms with Crippen LogP contribution in [0.3, 0.4) is 0 Å². The van der Waals surface area contributed by atoms with Crippen LogP contribution < -0.4 is 5.32 Å². The van der Waals surface area contributed by atoms with Crippen molar-refractivity contribution >= 4 is 17.7 Å². The molecule has 4 heteroatoms. The summed E-state index contributed by atoms with van der Waals surface area (Å²) in [6.45, 7) is 0.618. The number of hydrogen-bond acceptors (Lipinski definition) is 3. The van der Waals surface area contributed by atoms with E-state index in [0.717, 1.165) is 25.7 Å². The molecule has 1 aromatic rings. The molecule has 19 heavy (non-hydrogen) atoms. The molecule has 0 saturated heterocycles. The number of aliphatic hydroxyl groups is 1. The van der Waals surface area contributed by atoms with Gasteiger partial charge in [0.15, 0.2) is 0 Å². The number of carbonyl (C=O) groups excluding carboxylic acids is 1. The molecule has 1 saturated carbocycles. The summed E-state index contributed by atoms with van der Waals surface area (Å²) < 4.78 is 0. The zero-order valence-corrected chi connectivity index (χ0v) is 11.7. The van der Waals surface area contributed by atoms with Gasteiger partial charge in [-0.25, -0.2) is 0 Å². The third kappa shape index (κ3) is 2.79. The lowest BCUT2D eigenvalue weighted by Crippen LogP contribution is -2.37. The number of aliphatic hydroxyl groups excluding tert-OH is 1. The van der Waals surface area contributed by atoms with E-state index in [1.807, 2.05) is 12.1 Å². The molecule has 1 aliphatic carbocycles. The number of carbonyl (C=O) groups is 1. The molecule has 0 bridgehead atoms. The van der Waals surface area contributed by atoms with Gasteiger partial charge in [-0.05, 0) is 30.9 Å². The summed E-state index contributed by atoms with van der Waals surface area (Å²) in [7, 11) is 0. The number of fused-ring (bicyclic) bond motifs is 1. The van der Waals surface area contributed by atoms with E-state index < -0.39 is 0 Å². The molecule has 1 fully saturated rings. The molecule has 0 spiro atoms. The normalized spacial score (nSPS) is 29.2. The third-order valence-electron chi connectivity index (χ3n) is 4.10. The first-order chi connectivity index (χ1) is 9.24. The molecule has 3 nitrogen and oxygen atoms in total. The molecule has 2 N–H and O–H groups in total. The van der Waals surface area contributed by atoms with Crippen LogP contribution in [-0.4, -0.2) is 28.9 Å². The summed E-state index contributed by atoms with van der Waals surface area (Å²) in [4.78, 5) is 13.4. The molecule has 3 atom stereocenters. The number of hydrogen-bond donors (Lipinski definition) is 2. The van der Waals surface area contributed by atoms with E-state index in [-0.39, 0.29) is 23.2 Å². The van der Waals surface area contributed by atoms with Gasteiger partial charge in [-0.1, -0.05) is 24.6 Å². The van der Waals surface area contributed by atoms with Gasteiger partial charge in [0.25, 0.3) is 0 Å². The summed E-state index contributed by atoms with van der Waals surface area (Å²) in [6.07, 6.45) is 3.57. The SMILES string of the molecule is O=C(NCC1CCCC1O)C1Cc2ccccc2S1. The first-order valence-electron chi connectivity index (χ1n) is 6.94. The second-order valence-corrected chi connectivity index (χ2v) is 6.67. The second kappa shape index (κ2) is 5.55. The number of nitrogens with one attached hydrogen (secondary N) is 1. The van der Waals surface area contributed by atoms with Crippen molar-refractivity contribution in [1.29, 1.82) is 0 Å². The van der Waals surface area contributed by atoms with Crippen molar-refractivity contribution in [2.45, 2.75) is 41.9 Å². The van der Waals surface area contributed by atoms with E-state index >= 15 is 0 Å². The topological polar surface area (TPSA) is 49.3 Å². The Morgan fingerprint density at radius 2 is 2.21 bits per heavy atom. The number of benzene rings is 1. The highest BCUT2D eigenvalue weighted by Gasteiger charge is 2.30. The summed E-state index contributed by atoms with van der Waals surface area (Å²) in [5, 5.41) is 12.8. The highest BCUT2D eigenvalue weighted by Crippen LogP contribution is 2.36. The van der Waals surface area contributed by atoms with Gasteiger partial charge in [-0.2, -0.15) is 0 Å². The van der Waals surface area contributed by atoms with Crippen LogP contribution in [0.2, 0.25) is 0 Å². The Balaban J connectivity index is 1.52. The lowest BCUT2D eigenvalue weighted by Gasteiger charge is -2.16. The summed E-state index contributed by atoms with van der Waals surface area (Å²) in [5.74, 6) is 0.359. The van der Waals surface area contributed by atoms with E-state index in [0.29, 0.717) is 6.54 Å². The van der Waals surface area contributed by atoms with Gasteiger partial charge < -0.3 is 10.4 Å². The van der Waals surface area contributed by atoms with E-state index in [9.17, 15) is 9.90 Å². The van der Waals surface area contributed by atoms with Crippen LogP contribution in [0, 0.1) is 5.92 Å². The molecule has 0 aromatic heterocycles. The van der Waals surface area contributed by atoms with E-state index in [4.69, 9.17) is 0 Å². The molecular formula is C15H19NO2S. The maximum atomic E-state index is 12.2. The van der Waals surface area contributed by atoms with Gasteiger partial charge in [0.1, 0.15) is 0 Å². The molecule has 0 radical (unpaired) electrons. The number of thioether (sulfide) groups is 1. The first kappa shape index (κ1) is 13.0. The highest BCUT2D eigenvalue weighted by molar-refractivity contribution is 8.01. The minimum Gasteiger partial charge on any atom is -0.393 e. The van der Waals surface area contributed by atoms with Crippen LogP contribution in [0.15, 0.2) is 29.2 Å². The average molecular weight is 277 g/mol. The van der Waals surface area contributed by atoms with E-state index in [2.05, 4.69) is 17.4 Å².